The van der Waals surface area contributed by atoms with Crippen LogP contribution in [0, 0.1) is 6.92 Å². The highest BCUT2D eigenvalue weighted by Crippen LogP contribution is 2.03. The van der Waals surface area contributed by atoms with Crippen molar-refractivity contribution in [2.45, 2.75) is 13.5 Å². The zero-order valence-corrected chi connectivity index (χ0v) is 11.2. The second-order valence-corrected chi connectivity index (χ2v) is 3.57. The van der Waals surface area contributed by atoms with Crippen molar-refractivity contribution >= 4 is 0 Å². The zero-order valence-electron chi connectivity index (χ0n) is 9.02. The summed E-state index contributed by atoms with van der Waals surface area (Å²) in [5.41, 5.74) is 1.34. The van der Waals surface area contributed by atoms with E-state index in [0.717, 1.165) is 6.54 Å². The van der Waals surface area contributed by atoms with E-state index in [2.05, 4.69) is 59.8 Å². The van der Waals surface area contributed by atoms with E-state index in [1.807, 2.05) is 6.07 Å². The van der Waals surface area contributed by atoms with Gasteiger partial charge in [-0.05, 0) is 5.56 Å². The van der Waals surface area contributed by atoms with Gasteiger partial charge in [0.15, 0.2) is 0 Å². The molecule has 0 unspecified atom stereocenters. The largest absolute Gasteiger partial charge is 1.00 e. The summed E-state index contributed by atoms with van der Waals surface area (Å²) < 4.78 is 4.37. The minimum absolute atomic E-state index is 0. The number of benzene rings is 1. The molecule has 0 amide bonds. The lowest BCUT2D eigenvalue weighted by molar-refractivity contribution is -0.677. The van der Waals surface area contributed by atoms with Gasteiger partial charge in [-0.15, -0.1) is 0 Å². The van der Waals surface area contributed by atoms with Crippen LogP contribution in [0.25, 0.3) is 0 Å². The van der Waals surface area contributed by atoms with Gasteiger partial charge in [0.25, 0.3) is 5.82 Å². The lowest BCUT2D eigenvalue weighted by atomic mass is 10.2. The Labute approximate surface area is 108 Å². The van der Waals surface area contributed by atoms with Gasteiger partial charge in [0.05, 0.1) is 7.05 Å². The Kier molecular flexibility index (Phi) is 4.32. The molecule has 1 aromatic carbocycles. The molecular formula is C12H15IN2. The maximum atomic E-state index is 2.25. The van der Waals surface area contributed by atoms with Crippen molar-refractivity contribution in [1.82, 2.24) is 4.57 Å². The lowest BCUT2D eigenvalue weighted by Gasteiger charge is -1.98. The first-order valence-electron chi connectivity index (χ1n) is 4.82. The molecule has 2 aromatic rings. The topological polar surface area (TPSA) is 8.81 Å². The van der Waals surface area contributed by atoms with Crippen molar-refractivity contribution in [3.63, 3.8) is 0 Å². The molecule has 0 spiro atoms. The molecule has 0 atom stereocenters. The third-order valence-corrected chi connectivity index (χ3v) is 2.59. The van der Waals surface area contributed by atoms with Crippen molar-refractivity contribution in [3.05, 3.63) is 54.1 Å². The Hall–Kier alpha value is -0.840. The van der Waals surface area contributed by atoms with Crippen LogP contribution in [0.3, 0.4) is 0 Å². The molecule has 80 valence electrons. The number of aryl methyl sites for hydroxylation is 1. The molecule has 0 aliphatic rings. The van der Waals surface area contributed by atoms with Crippen LogP contribution < -0.4 is 28.5 Å². The number of halogens is 1. The average Bonchev–Trinajstić information content (AvgIpc) is 2.52. The van der Waals surface area contributed by atoms with Gasteiger partial charge in [0, 0.05) is 6.92 Å². The van der Waals surface area contributed by atoms with E-state index in [-0.39, 0.29) is 24.0 Å². The predicted molar refractivity (Wildman–Crippen MR) is 55.9 cm³/mol. The number of hydrogen-bond donors (Lipinski definition) is 0. The summed E-state index contributed by atoms with van der Waals surface area (Å²) in [6.07, 6.45) is 4.20. The van der Waals surface area contributed by atoms with Crippen LogP contribution in [-0.2, 0) is 13.6 Å². The summed E-state index contributed by atoms with van der Waals surface area (Å²) >= 11 is 0. The van der Waals surface area contributed by atoms with Crippen molar-refractivity contribution < 1.29 is 28.5 Å². The summed E-state index contributed by atoms with van der Waals surface area (Å²) in [5.74, 6) is 1.27. The normalized spacial score (nSPS) is 9.73. The van der Waals surface area contributed by atoms with Gasteiger partial charge < -0.3 is 24.0 Å². The Bertz CT molecular complexity index is 420. The van der Waals surface area contributed by atoms with Crippen LogP contribution >= 0.6 is 0 Å². The van der Waals surface area contributed by atoms with Crippen LogP contribution in [0.2, 0.25) is 0 Å². The first-order chi connectivity index (χ1) is 6.77. The molecular weight excluding hydrogens is 299 g/mol. The van der Waals surface area contributed by atoms with E-state index in [9.17, 15) is 0 Å². The first kappa shape index (κ1) is 12.2. The summed E-state index contributed by atoms with van der Waals surface area (Å²) in [6.45, 7) is 3.08. The highest BCUT2D eigenvalue weighted by atomic mass is 127. The van der Waals surface area contributed by atoms with Crippen molar-refractivity contribution in [2.75, 3.05) is 0 Å². The molecule has 0 bridgehead atoms. The molecule has 0 aliphatic heterocycles. The maximum absolute atomic E-state index is 2.25. The summed E-state index contributed by atoms with van der Waals surface area (Å²) in [7, 11) is 2.07. The van der Waals surface area contributed by atoms with E-state index >= 15 is 0 Å². The molecule has 0 N–H and O–H groups in total. The van der Waals surface area contributed by atoms with E-state index in [4.69, 9.17) is 0 Å². The third kappa shape index (κ3) is 2.81. The van der Waals surface area contributed by atoms with Crippen LogP contribution in [0.4, 0.5) is 0 Å². The number of hydrogen-bond acceptors (Lipinski definition) is 0. The van der Waals surface area contributed by atoms with E-state index in [0.29, 0.717) is 0 Å². The Balaban J connectivity index is 0.00000112. The van der Waals surface area contributed by atoms with Crippen LogP contribution in [0.1, 0.15) is 11.4 Å². The molecule has 0 fully saturated rings. The highest BCUT2D eigenvalue weighted by molar-refractivity contribution is 5.15. The standard InChI is InChI=1S/C12H15N2.HI/c1-11-13(2)8-9-14(11)10-12-6-4-3-5-7-12;/h3-9H,10H2,1-2H3;1H/q+1;/p-1. The van der Waals surface area contributed by atoms with Crippen molar-refractivity contribution in [3.8, 4) is 0 Å². The summed E-state index contributed by atoms with van der Waals surface area (Å²) in [4.78, 5) is 0. The molecule has 2 rings (SSSR count). The quantitative estimate of drug-likeness (QED) is 0.480. The molecule has 15 heavy (non-hydrogen) atoms. The smallest absolute Gasteiger partial charge is 0.253 e. The number of imidazole rings is 1. The molecule has 3 heteroatoms. The van der Waals surface area contributed by atoms with E-state index in [1.165, 1.54) is 11.4 Å². The lowest BCUT2D eigenvalue weighted by Crippen LogP contribution is -3.00. The fourth-order valence-corrected chi connectivity index (χ4v) is 1.55. The predicted octanol–water partition coefficient (Wildman–Crippen LogP) is -1.33. The van der Waals surface area contributed by atoms with Gasteiger partial charge in [-0.2, -0.15) is 0 Å². The van der Waals surface area contributed by atoms with Gasteiger partial charge in [-0.1, -0.05) is 30.3 Å². The number of aromatic nitrogens is 2. The van der Waals surface area contributed by atoms with E-state index in [1.54, 1.807) is 0 Å². The van der Waals surface area contributed by atoms with Crippen molar-refractivity contribution in [2.24, 2.45) is 7.05 Å². The summed E-state index contributed by atoms with van der Waals surface area (Å²) in [5, 5.41) is 0. The zero-order chi connectivity index (χ0) is 9.97. The fourth-order valence-electron chi connectivity index (χ4n) is 1.55. The average molecular weight is 314 g/mol. The monoisotopic (exact) mass is 314 g/mol. The molecule has 0 radical (unpaired) electrons. The second kappa shape index (κ2) is 5.30. The third-order valence-electron chi connectivity index (χ3n) is 2.59. The molecule has 0 saturated heterocycles. The van der Waals surface area contributed by atoms with E-state index < -0.39 is 0 Å². The second-order valence-electron chi connectivity index (χ2n) is 3.57. The minimum atomic E-state index is 0. The number of rotatable bonds is 2. The Morgan fingerprint density at radius 2 is 1.87 bits per heavy atom. The molecule has 1 aromatic heterocycles. The van der Waals surface area contributed by atoms with Crippen LogP contribution in [0.15, 0.2) is 42.7 Å². The van der Waals surface area contributed by atoms with Gasteiger partial charge >= 0.3 is 0 Å². The Morgan fingerprint density at radius 3 is 2.40 bits per heavy atom. The fraction of sp³-hybridized carbons (Fsp3) is 0.250. The summed E-state index contributed by atoms with van der Waals surface area (Å²) in [6, 6.07) is 10.5. The molecule has 0 aliphatic carbocycles. The van der Waals surface area contributed by atoms with Crippen LogP contribution in [-0.4, -0.2) is 4.57 Å². The SMILES string of the molecule is Cc1n(Cc2ccccc2)cc[n+]1C.[I-]. The minimum Gasteiger partial charge on any atom is -1.00 e. The highest BCUT2D eigenvalue weighted by Gasteiger charge is 2.08. The van der Waals surface area contributed by atoms with Crippen LogP contribution in [0.5, 0.6) is 0 Å². The molecule has 0 saturated carbocycles. The molecule has 2 nitrogen and oxygen atoms in total. The van der Waals surface area contributed by atoms with Gasteiger partial charge in [-0.3, -0.25) is 0 Å². The van der Waals surface area contributed by atoms with Gasteiger partial charge in [0.1, 0.15) is 18.9 Å². The first-order valence-corrected chi connectivity index (χ1v) is 4.82. The van der Waals surface area contributed by atoms with Gasteiger partial charge in [-0.25, -0.2) is 9.13 Å². The Morgan fingerprint density at radius 1 is 1.20 bits per heavy atom. The van der Waals surface area contributed by atoms with Crippen molar-refractivity contribution in [1.29, 1.82) is 0 Å². The molecule has 1 heterocycles. The van der Waals surface area contributed by atoms with Gasteiger partial charge in [0.2, 0.25) is 0 Å². The maximum Gasteiger partial charge on any atom is 0.253 e. The number of nitrogens with zero attached hydrogens (tertiary/aromatic N) is 2.